The van der Waals surface area contributed by atoms with Gasteiger partial charge in [-0.05, 0) is 11.2 Å². The molecule has 0 aliphatic heterocycles. The lowest BCUT2D eigenvalue weighted by Crippen LogP contribution is -2.02. The fraction of sp³-hybridized carbons (Fsp3) is 0. The molecule has 2 radical (unpaired) electrons. The Morgan fingerprint density at radius 3 is 2.60 bits per heavy atom. The molecule has 48 valence electrons. The van der Waals surface area contributed by atoms with Crippen LogP contribution in [0.25, 0.3) is 0 Å². The van der Waals surface area contributed by atoms with Crippen LogP contribution >= 0.6 is 0 Å². The monoisotopic (exact) mass is 135 g/mol. The van der Waals surface area contributed by atoms with Gasteiger partial charge in [0.2, 0.25) is 0 Å². The van der Waals surface area contributed by atoms with Crippen molar-refractivity contribution in [1.82, 2.24) is 0 Å². The molecule has 1 aromatic carbocycles. The van der Waals surface area contributed by atoms with E-state index in [9.17, 15) is 9.30 Å². The van der Waals surface area contributed by atoms with E-state index in [0.717, 1.165) is 6.07 Å². The van der Waals surface area contributed by atoms with Crippen LogP contribution in [0.1, 0.15) is 0 Å². The lowest BCUT2D eigenvalue weighted by atomic mass is 9.94. The second kappa shape index (κ2) is 2.60. The molecule has 0 amide bonds. The van der Waals surface area contributed by atoms with Crippen molar-refractivity contribution in [2.24, 2.45) is 5.18 Å². The summed E-state index contributed by atoms with van der Waals surface area (Å²) in [4.78, 5) is 9.88. The van der Waals surface area contributed by atoms with Crippen molar-refractivity contribution in [2.75, 3.05) is 0 Å². The van der Waals surface area contributed by atoms with Crippen LogP contribution in [0.2, 0.25) is 0 Å². The normalized spacial score (nSPS) is 9.30. The van der Waals surface area contributed by atoms with Gasteiger partial charge in [-0.2, -0.15) is 0 Å². The number of nitrogens with zero attached hydrogens (tertiary/aromatic N) is 1. The Kier molecular flexibility index (Phi) is 1.80. The number of benzene rings is 1. The highest BCUT2D eigenvalue weighted by Gasteiger charge is 2.02. The van der Waals surface area contributed by atoms with E-state index in [1.165, 1.54) is 12.1 Å². The van der Waals surface area contributed by atoms with Crippen molar-refractivity contribution >= 4 is 19.0 Å². The molecule has 0 heterocycles. The van der Waals surface area contributed by atoms with Crippen LogP contribution in [0.15, 0.2) is 23.4 Å². The Hall–Kier alpha value is -1.19. The molecule has 0 aliphatic carbocycles. The van der Waals surface area contributed by atoms with Gasteiger partial charge < -0.3 is 0 Å². The largest absolute Gasteiger partial charge is 0.205 e. The van der Waals surface area contributed by atoms with Crippen molar-refractivity contribution in [3.05, 3.63) is 28.9 Å². The standard InChI is InChI=1S/C6H3BFNO/c7-4-2-1-3-5(8)6(4)9-10/h1-3H. The first-order valence-electron chi connectivity index (χ1n) is 2.63. The second-order valence-corrected chi connectivity index (χ2v) is 1.77. The molecular formula is C6H3BFNO. The van der Waals surface area contributed by atoms with Gasteiger partial charge in [-0.15, -0.1) is 4.91 Å². The number of halogens is 1. The fourth-order valence-electron chi connectivity index (χ4n) is 0.628. The number of rotatable bonds is 1. The van der Waals surface area contributed by atoms with E-state index in [1.807, 2.05) is 0 Å². The Morgan fingerprint density at radius 1 is 1.50 bits per heavy atom. The third kappa shape index (κ3) is 1.05. The molecule has 0 spiro atoms. The molecule has 1 rings (SSSR count). The van der Waals surface area contributed by atoms with Crippen LogP contribution in [-0.2, 0) is 0 Å². The average molecular weight is 135 g/mol. The first-order valence-corrected chi connectivity index (χ1v) is 2.63. The molecule has 1 aromatic rings. The van der Waals surface area contributed by atoms with Gasteiger partial charge in [0, 0.05) is 0 Å². The Morgan fingerprint density at radius 2 is 2.20 bits per heavy atom. The molecule has 0 aromatic heterocycles. The summed E-state index contributed by atoms with van der Waals surface area (Å²) in [6.45, 7) is 0. The third-order valence-electron chi connectivity index (χ3n) is 1.11. The first kappa shape index (κ1) is 6.93. The van der Waals surface area contributed by atoms with Crippen molar-refractivity contribution < 1.29 is 4.39 Å². The molecule has 0 fully saturated rings. The molecule has 0 N–H and O–H groups in total. The van der Waals surface area contributed by atoms with Crippen LogP contribution in [0, 0.1) is 10.7 Å². The van der Waals surface area contributed by atoms with Crippen molar-refractivity contribution in [2.45, 2.75) is 0 Å². The highest BCUT2D eigenvalue weighted by atomic mass is 19.1. The minimum atomic E-state index is -0.685. The summed E-state index contributed by atoms with van der Waals surface area (Å²) in [5.74, 6) is -0.685. The van der Waals surface area contributed by atoms with Gasteiger partial charge in [0.15, 0.2) is 5.82 Å². The molecule has 4 heteroatoms. The van der Waals surface area contributed by atoms with E-state index < -0.39 is 5.82 Å². The highest BCUT2D eigenvalue weighted by Crippen LogP contribution is 2.11. The molecule has 0 atom stereocenters. The fourth-order valence-corrected chi connectivity index (χ4v) is 0.628. The maximum Gasteiger partial charge on any atom is 0.151 e. The van der Waals surface area contributed by atoms with Gasteiger partial charge in [-0.1, -0.05) is 17.6 Å². The van der Waals surface area contributed by atoms with E-state index >= 15 is 0 Å². The zero-order chi connectivity index (χ0) is 7.56. The van der Waals surface area contributed by atoms with E-state index in [2.05, 4.69) is 5.18 Å². The Bertz CT molecular complexity index is 244. The lowest BCUT2D eigenvalue weighted by molar-refractivity contribution is 0.631. The van der Waals surface area contributed by atoms with Crippen molar-refractivity contribution in [1.29, 1.82) is 0 Å². The smallest absolute Gasteiger partial charge is 0.151 e. The molecule has 0 unspecified atom stereocenters. The summed E-state index contributed by atoms with van der Waals surface area (Å²) >= 11 is 0. The van der Waals surface area contributed by atoms with Crippen LogP contribution in [0.5, 0.6) is 0 Å². The summed E-state index contributed by atoms with van der Waals surface area (Å²) < 4.78 is 12.5. The average Bonchev–Trinajstić information content (AvgIpc) is 1.88. The summed E-state index contributed by atoms with van der Waals surface area (Å²) in [5, 5.41) is 2.42. The SMILES string of the molecule is [B]c1cccc(F)c1N=O. The Balaban J connectivity index is 3.30. The van der Waals surface area contributed by atoms with Crippen LogP contribution < -0.4 is 5.46 Å². The van der Waals surface area contributed by atoms with Crippen LogP contribution in [-0.4, -0.2) is 7.85 Å². The maximum absolute atomic E-state index is 12.5. The van der Waals surface area contributed by atoms with Crippen LogP contribution in [0.3, 0.4) is 0 Å². The summed E-state index contributed by atoms with van der Waals surface area (Å²) in [6, 6.07) is 3.96. The topological polar surface area (TPSA) is 29.4 Å². The number of hydrogen-bond donors (Lipinski definition) is 0. The molecular weight excluding hydrogens is 132 g/mol. The second-order valence-electron chi connectivity index (χ2n) is 1.77. The van der Waals surface area contributed by atoms with E-state index in [1.54, 1.807) is 0 Å². The zero-order valence-corrected chi connectivity index (χ0v) is 5.04. The molecule has 0 saturated carbocycles. The summed E-state index contributed by atoms with van der Waals surface area (Å²) in [7, 11) is 5.20. The minimum Gasteiger partial charge on any atom is -0.205 e. The molecule has 0 bridgehead atoms. The predicted molar refractivity (Wildman–Crippen MR) is 37.2 cm³/mol. The zero-order valence-electron chi connectivity index (χ0n) is 5.04. The van der Waals surface area contributed by atoms with Gasteiger partial charge in [-0.25, -0.2) is 4.39 Å². The van der Waals surface area contributed by atoms with Gasteiger partial charge >= 0.3 is 0 Å². The van der Waals surface area contributed by atoms with Gasteiger partial charge in [-0.3, -0.25) is 0 Å². The summed E-state index contributed by atoms with van der Waals surface area (Å²) in [6.07, 6.45) is 0. The maximum atomic E-state index is 12.5. The minimum absolute atomic E-state index is 0.0648. The first-order chi connectivity index (χ1) is 4.75. The predicted octanol–water partition coefficient (Wildman–Crippen LogP) is 1.02. The number of hydrogen-bond acceptors (Lipinski definition) is 2. The molecule has 10 heavy (non-hydrogen) atoms. The van der Waals surface area contributed by atoms with Gasteiger partial charge in [0.1, 0.15) is 13.5 Å². The number of nitroso groups, excluding NO2 is 1. The van der Waals surface area contributed by atoms with Gasteiger partial charge in [0.05, 0.1) is 0 Å². The van der Waals surface area contributed by atoms with E-state index in [0.29, 0.717) is 0 Å². The Labute approximate surface area is 58.4 Å². The molecule has 2 nitrogen and oxygen atoms in total. The molecule has 0 saturated heterocycles. The van der Waals surface area contributed by atoms with E-state index in [4.69, 9.17) is 7.85 Å². The lowest BCUT2D eigenvalue weighted by Gasteiger charge is -1.95. The highest BCUT2D eigenvalue weighted by molar-refractivity contribution is 6.35. The van der Waals surface area contributed by atoms with Gasteiger partial charge in [0.25, 0.3) is 0 Å². The summed E-state index contributed by atoms with van der Waals surface area (Å²) in [5.41, 5.74) is -0.252. The van der Waals surface area contributed by atoms with Crippen molar-refractivity contribution in [3.63, 3.8) is 0 Å². The van der Waals surface area contributed by atoms with E-state index in [-0.39, 0.29) is 11.2 Å². The third-order valence-corrected chi connectivity index (χ3v) is 1.11. The quantitative estimate of drug-likeness (QED) is 0.417. The molecule has 0 aliphatic rings. The van der Waals surface area contributed by atoms with Crippen LogP contribution in [0.4, 0.5) is 10.1 Å². The van der Waals surface area contributed by atoms with Crippen molar-refractivity contribution in [3.8, 4) is 0 Å².